The van der Waals surface area contributed by atoms with Gasteiger partial charge in [-0.05, 0) is 18.2 Å². The van der Waals surface area contributed by atoms with Crippen LogP contribution in [-0.2, 0) is 0 Å². The van der Waals surface area contributed by atoms with Gasteiger partial charge in [0.15, 0.2) is 0 Å². The standard InChI is InChI=1S/C11H15NO3/c1-12-11(14)9-4-2-5-10(8-9)15-7-3-6-13/h2,4-5,8,13H,3,6-7H2,1H3,(H,12,14). The fourth-order valence-corrected chi connectivity index (χ4v) is 1.13. The van der Waals surface area contributed by atoms with Crippen LogP contribution in [0.5, 0.6) is 5.75 Å². The summed E-state index contributed by atoms with van der Waals surface area (Å²) in [4.78, 5) is 11.3. The van der Waals surface area contributed by atoms with Gasteiger partial charge in [-0.1, -0.05) is 6.07 Å². The Morgan fingerprint density at radius 3 is 3.00 bits per heavy atom. The number of benzene rings is 1. The van der Waals surface area contributed by atoms with Crippen molar-refractivity contribution in [1.82, 2.24) is 5.32 Å². The summed E-state index contributed by atoms with van der Waals surface area (Å²) in [5, 5.41) is 11.1. The molecule has 0 spiro atoms. The highest BCUT2D eigenvalue weighted by molar-refractivity contribution is 5.94. The number of nitrogens with one attached hydrogen (secondary N) is 1. The molecule has 0 aliphatic heterocycles. The predicted molar refractivity (Wildman–Crippen MR) is 57.0 cm³/mol. The summed E-state index contributed by atoms with van der Waals surface area (Å²) in [6.07, 6.45) is 0.588. The lowest BCUT2D eigenvalue weighted by molar-refractivity contribution is 0.0962. The summed E-state index contributed by atoms with van der Waals surface area (Å²) in [5.41, 5.74) is 0.569. The van der Waals surface area contributed by atoms with Gasteiger partial charge < -0.3 is 15.2 Å². The van der Waals surface area contributed by atoms with Crippen LogP contribution < -0.4 is 10.1 Å². The van der Waals surface area contributed by atoms with Gasteiger partial charge in [0.1, 0.15) is 5.75 Å². The molecular formula is C11H15NO3. The third-order valence-electron chi connectivity index (χ3n) is 1.89. The molecule has 0 saturated heterocycles. The smallest absolute Gasteiger partial charge is 0.251 e. The van der Waals surface area contributed by atoms with Crippen molar-refractivity contribution in [3.8, 4) is 5.75 Å². The summed E-state index contributed by atoms with van der Waals surface area (Å²) < 4.78 is 5.34. The van der Waals surface area contributed by atoms with Gasteiger partial charge in [-0.15, -0.1) is 0 Å². The summed E-state index contributed by atoms with van der Waals surface area (Å²) in [6.45, 7) is 0.558. The molecule has 0 aliphatic carbocycles. The van der Waals surface area contributed by atoms with Crippen LogP contribution in [0.4, 0.5) is 0 Å². The zero-order chi connectivity index (χ0) is 11.1. The highest BCUT2D eigenvalue weighted by atomic mass is 16.5. The second kappa shape index (κ2) is 6.03. The molecule has 1 aromatic carbocycles. The first-order chi connectivity index (χ1) is 7.27. The van der Waals surface area contributed by atoms with E-state index in [1.807, 2.05) is 0 Å². The van der Waals surface area contributed by atoms with E-state index in [-0.39, 0.29) is 12.5 Å². The van der Waals surface area contributed by atoms with Crippen molar-refractivity contribution < 1.29 is 14.6 Å². The number of ether oxygens (including phenoxy) is 1. The van der Waals surface area contributed by atoms with Crippen LogP contribution >= 0.6 is 0 Å². The Morgan fingerprint density at radius 2 is 2.33 bits per heavy atom. The predicted octanol–water partition coefficient (Wildman–Crippen LogP) is 0.807. The van der Waals surface area contributed by atoms with Gasteiger partial charge in [0.05, 0.1) is 6.61 Å². The van der Waals surface area contributed by atoms with E-state index in [0.29, 0.717) is 24.3 Å². The quantitative estimate of drug-likeness (QED) is 0.705. The van der Waals surface area contributed by atoms with Crippen LogP contribution in [-0.4, -0.2) is 31.3 Å². The third-order valence-corrected chi connectivity index (χ3v) is 1.89. The highest BCUT2D eigenvalue weighted by Crippen LogP contribution is 2.13. The van der Waals surface area contributed by atoms with E-state index < -0.39 is 0 Å². The lowest BCUT2D eigenvalue weighted by Crippen LogP contribution is -2.17. The molecule has 0 aromatic heterocycles. The second-order valence-corrected chi connectivity index (χ2v) is 3.03. The molecule has 0 saturated carbocycles. The van der Waals surface area contributed by atoms with E-state index in [2.05, 4.69) is 5.32 Å². The van der Waals surface area contributed by atoms with Crippen LogP contribution in [0.25, 0.3) is 0 Å². The maximum absolute atomic E-state index is 11.3. The summed E-state index contributed by atoms with van der Waals surface area (Å²) in [5.74, 6) is 0.507. The molecule has 0 bridgehead atoms. The van der Waals surface area contributed by atoms with Crippen LogP contribution in [0, 0.1) is 0 Å². The zero-order valence-corrected chi connectivity index (χ0v) is 8.69. The van der Waals surface area contributed by atoms with Gasteiger partial charge in [-0.3, -0.25) is 4.79 Å². The summed E-state index contributed by atoms with van der Waals surface area (Å²) in [7, 11) is 1.58. The van der Waals surface area contributed by atoms with Crippen molar-refractivity contribution >= 4 is 5.91 Å². The number of hydrogen-bond acceptors (Lipinski definition) is 3. The largest absolute Gasteiger partial charge is 0.493 e. The molecule has 1 aromatic rings. The first-order valence-electron chi connectivity index (χ1n) is 4.83. The van der Waals surface area contributed by atoms with Crippen LogP contribution in [0.15, 0.2) is 24.3 Å². The average Bonchev–Trinajstić information content (AvgIpc) is 2.29. The monoisotopic (exact) mass is 209 g/mol. The summed E-state index contributed by atoms with van der Waals surface area (Å²) in [6, 6.07) is 6.94. The Balaban J connectivity index is 2.62. The van der Waals surface area contributed by atoms with E-state index in [1.54, 1.807) is 31.3 Å². The number of rotatable bonds is 5. The van der Waals surface area contributed by atoms with E-state index in [0.717, 1.165) is 0 Å². The van der Waals surface area contributed by atoms with Crippen molar-refractivity contribution in [2.24, 2.45) is 0 Å². The Morgan fingerprint density at radius 1 is 1.53 bits per heavy atom. The molecule has 82 valence electrons. The number of aliphatic hydroxyl groups is 1. The topological polar surface area (TPSA) is 58.6 Å². The number of aliphatic hydroxyl groups excluding tert-OH is 1. The SMILES string of the molecule is CNC(=O)c1cccc(OCCCO)c1. The molecule has 2 N–H and O–H groups in total. The maximum Gasteiger partial charge on any atom is 0.251 e. The molecule has 1 amide bonds. The minimum Gasteiger partial charge on any atom is -0.493 e. The van der Waals surface area contributed by atoms with Crippen molar-refractivity contribution in [2.75, 3.05) is 20.3 Å². The van der Waals surface area contributed by atoms with Gasteiger partial charge in [0.25, 0.3) is 5.91 Å². The van der Waals surface area contributed by atoms with Crippen LogP contribution in [0.3, 0.4) is 0 Å². The van der Waals surface area contributed by atoms with E-state index in [4.69, 9.17) is 9.84 Å². The zero-order valence-electron chi connectivity index (χ0n) is 8.69. The fourth-order valence-electron chi connectivity index (χ4n) is 1.13. The van der Waals surface area contributed by atoms with Crippen molar-refractivity contribution in [3.05, 3.63) is 29.8 Å². The van der Waals surface area contributed by atoms with Crippen molar-refractivity contribution in [3.63, 3.8) is 0 Å². The molecule has 0 atom stereocenters. The van der Waals surface area contributed by atoms with Gasteiger partial charge in [-0.25, -0.2) is 0 Å². The minimum absolute atomic E-state index is 0.106. The Kier molecular flexibility index (Phi) is 4.63. The van der Waals surface area contributed by atoms with E-state index in [9.17, 15) is 4.79 Å². The summed E-state index contributed by atoms with van der Waals surface area (Å²) >= 11 is 0. The molecule has 1 rings (SSSR count). The molecule has 4 heteroatoms. The normalized spacial score (nSPS) is 9.73. The Labute approximate surface area is 88.9 Å². The number of hydrogen-bond donors (Lipinski definition) is 2. The van der Waals surface area contributed by atoms with E-state index in [1.165, 1.54) is 0 Å². The lowest BCUT2D eigenvalue weighted by Gasteiger charge is -2.06. The first-order valence-corrected chi connectivity index (χ1v) is 4.83. The Bertz CT molecular complexity index is 325. The van der Waals surface area contributed by atoms with E-state index >= 15 is 0 Å². The Hall–Kier alpha value is -1.55. The molecule has 15 heavy (non-hydrogen) atoms. The molecule has 0 aliphatic rings. The average molecular weight is 209 g/mol. The number of carbonyl (C=O) groups is 1. The van der Waals surface area contributed by atoms with Gasteiger partial charge in [0, 0.05) is 25.6 Å². The molecule has 0 unspecified atom stereocenters. The lowest BCUT2D eigenvalue weighted by atomic mass is 10.2. The third kappa shape index (κ3) is 3.59. The molecule has 0 heterocycles. The van der Waals surface area contributed by atoms with Crippen molar-refractivity contribution in [2.45, 2.75) is 6.42 Å². The number of carbonyl (C=O) groups excluding carboxylic acids is 1. The van der Waals surface area contributed by atoms with Gasteiger partial charge in [-0.2, -0.15) is 0 Å². The highest BCUT2D eigenvalue weighted by Gasteiger charge is 2.03. The fraction of sp³-hybridized carbons (Fsp3) is 0.364. The molecule has 0 fully saturated rings. The van der Waals surface area contributed by atoms with Crippen molar-refractivity contribution in [1.29, 1.82) is 0 Å². The van der Waals surface area contributed by atoms with Crippen LogP contribution in [0.1, 0.15) is 16.8 Å². The molecule has 4 nitrogen and oxygen atoms in total. The van der Waals surface area contributed by atoms with Crippen LogP contribution in [0.2, 0.25) is 0 Å². The molecule has 0 radical (unpaired) electrons. The maximum atomic E-state index is 11.3. The molecular weight excluding hydrogens is 194 g/mol. The minimum atomic E-state index is -0.136. The first kappa shape index (κ1) is 11.5. The number of amides is 1. The van der Waals surface area contributed by atoms with Gasteiger partial charge in [0.2, 0.25) is 0 Å². The second-order valence-electron chi connectivity index (χ2n) is 3.03. The van der Waals surface area contributed by atoms with Gasteiger partial charge >= 0.3 is 0 Å².